The van der Waals surface area contributed by atoms with Crippen molar-refractivity contribution in [1.82, 2.24) is 4.98 Å². The Hall–Kier alpha value is -2.74. The van der Waals surface area contributed by atoms with E-state index in [0.717, 1.165) is 26.9 Å². The highest BCUT2D eigenvalue weighted by molar-refractivity contribution is 7.92. The van der Waals surface area contributed by atoms with E-state index in [9.17, 15) is 13.2 Å². The summed E-state index contributed by atoms with van der Waals surface area (Å²) in [6, 6.07) is 19.4. The Labute approximate surface area is 196 Å². The van der Waals surface area contributed by atoms with Crippen molar-refractivity contribution in [3.63, 3.8) is 0 Å². The van der Waals surface area contributed by atoms with Crippen molar-refractivity contribution >= 4 is 54.0 Å². The molecule has 0 saturated heterocycles. The normalized spacial score (nSPS) is 11.6. The number of thiazole rings is 1. The van der Waals surface area contributed by atoms with Gasteiger partial charge in [-0.3, -0.25) is 9.69 Å². The van der Waals surface area contributed by atoms with Crippen LogP contribution in [0.15, 0.2) is 71.6 Å². The average Bonchev–Trinajstić information content (AvgIpc) is 3.16. The van der Waals surface area contributed by atoms with Gasteiger partial charge in [0, 0.05) is 5.02 Å². The lowest BCUT2D eigenvalue weighted by Gasteiger charge is -2.20. The fraction of sp³-hybridized carbons (Fsp3) is 0.167. The maximum absolute atomic E-state index is 13.3. The standard InChI is InChI=1S/C24H21ClN2O3S2/c1-16-12-17(2)23-21(13-16)31-24(26-23)27(14-18-6-4-3-5-7-18)22(28)15-32(29,30)20-10-8-19(25)9-11-20/h3-13H,14-15H2,1-2H3. The Morgan fingerprint density at radius 1 is 1.03 bits per heavy atom. The number of fused-ring (bicyclic) bond motifs is 1. The molecule has 0 spiro atoms. The van der Waals surface area contributed by atoms with Crippen LogP contribution < -0.4 is 4.90 Å². The van der Waals surface area contributed by atoms with Gasteiger partial charge in [-0.2, -0.15) is 0 Å². The minimum Gasteiger partial charge on any atom is -0.283 e. The first-order chi connectivity index (χ1) is 15.2. The molecule has 0 radical (unpaired) electrons. The van der Waals surface area contributed by atoms with Crippen molar-refractivity contribution in [1.29, 1.82) is 0 Å². The van der Waals surface area contributed by atoms with Gasteiger partial charge in [0.15, 0.2) is 15.0 Å². The molecule has 3 aromatic carbocycles. The minimum atomic E-state index is -3.84. The highest BCUT2D eigenvalue weighted by Gasteiger charge is 2.27. The number of carbonyl (C=O) groups excluding carboxylic acids is 1. The number of rotatable bonds is 6. The summed E-state index contributed by atoms with van der Waals surface area (Å²) in [6.45, 7) is 4.22. The number of hydrogen-bond donors (Lipinski definition) is 0. The van der Waals surface area contributed by atoms with Gasteiger partial charge in [-0.25, -0.2) is 13.4 Å². The number of halogens is 1. The predicted molar refractivity (Wildman–Crippen MR) is 130 cm³/mol. The molecule has 5 nitrogen and oxygen atoms in total. The topological polar surface area (TPSA) is 67.3 Å². The van der Waals surface area contributed by atoms with E-state index in [1.54, 1.807) is 0 Å². The molecule has 4 rings (SSSR count). The number of nitrogens with zero attached hydrogens (tertiary/aromatic N) is 2. The second-order valence-electron chi connectivity index (χ2n) is 7.60. The Kier molecular flexibility index (Phi) is 6.33. The Balaban J connectivity index is 1.71. The van der Waals surface area contributed by atoms with Gasteiger partial charge in [-0.05, 0) is 60.9 Å². The second-order valence-corrected chi connectivity index (χ2v) is 11.0. The lowest BCUT2D eigenvalue weighted by Crippen LogP contribution is -2.35. The summed E-state index contributed by atoms with van der Waals surface area (Å²) in [7, 11) is -3.84. The van der Waals surface area contributed by atoms with Crippen LogP contribution in [0.2, 0.25) is 5.02 Å². The van der Waals surface area contributed by atoms with E-state index in [4.69, 9.17) is 16.6 Å². The molecule has 32 heavy (non-hydrogen) atoms. The van der Waals surface area contributed by atoms with Crippen LogP contribution in [-0.2, 0) is 21.2 Å². The van der Waals surface area contributed by atoms with Gasteiger partial charge in [0.25, 0.3) is 0 Å². The minimum absolute atomic E-state index is 0.0608. The third-order valence-corrected chi connectivity index (χ3v) is 7.91. The summed E-state index contributed by atoms with van der Waals surface area (Å²) < 4.78 is 26.8. The fourth-order valence-electron chi connectivity index (χ4n) is 3.47. The SMILES string of the molecule is Cc1cc(C)c2nc(N(Cc3ccccc3)C(=O)CS(=O)(=O)c3ccc(Cl)cc3)sc2c1. The molecule has 0 aliphatic heterocycles. The van der Waals surface area contributed by atoms with Gasteiger partial charge in [0.1, 0.15) is 5.75 Å². The van der Waals surface area contributed by atoms with Crippen LogP contribution in [-0.4, -0.2) is 25.1 Å². The molecule has 0 bridgehead atoms. The number of hydrogen-bond acceptors (Lipinski definition) is 5. The first kappa shape index (κ1) is 22.5. The van der Waals surface area contributed by atoms with Gasteiger partial charge in [0.05, 0.1) is 21.7 Å². The van der Waals surface area contributed by atoms with Crippen LogP contribution in [0.1, 0.15) is 16.7 Å². The molecule has 4 aromatic rings. The van der Waals surface area contributed by atoms with Crippen LogP contribution in [0.3, 0.4) is 0 Å². The average molecular weight is 485 g/mol. The third-order valence-electron chi connectivity index (χ3n) is 5.02. The number of amides is 1. The Bertz CT molecular complexity index is 1380. The largest absolute Gasteiger partial charge is 0.283 e. The zero-order chi connectivity index (χ0) is 22.9. The number of aryl methyl sites for hydroxylation is 2. The van der Waals surface area contributed by atoms with Gasteiger partial charge in [-0.15, -0.1) is 0 Å². The molecule has 1 aromatic heterocycles. The van der Waals surface area contributed by atoms with Crippen LogP contribution >= 0.6 is 22.9 Å². The van der Waals surface area contributed by atoms with Gasteiger partial charge in [-0.1, -0.05) is 59.3 Å². The van der Waals surface area contributed by atoms with E-state index >= 15 is 0 Å². The summed E-state index contributed by atoms with van der Waals surface area (Å²) >= 11 is 7.26. The Morgan fingerprint density at radius 3 is 2.41 bits per heavy atom. The molecule has 8 heteroatoms. The van der Waals surface area contributed by atoms with Crippen molar-refractivity contribution in [2.75, 3.05) is 10.7 Å². The molecule has 0 atom stereocenters. The second kappa shape index (κ2) is 9.02. The molecular formula is C24H21ClN2O3S2. The molecule has 0 unspecified atom stereocenters. The van der Waals surface area contributed by atoms with Gasteiger partial charge < -0.3 is 0 Å². The highest BCUT2D eigenvalue weighted by Crippen LogP contribution is 2.33. The number of sulfone groups is 1. The molecule has 0 fully saturated rings. The fourth-order valence-corrected chi connectivity index (χ4v) is 5.95. The predicted octanol–water partition coefficient (Wildman–Crippen LogP) is 5.57. The van der Waals surface area contributed by atoms with Crippen molar-refractivity contribution in [2.45, 2.75) is 25.3 Å². The number of aromatic nitrogens is 1. The van der Waals surface area contributed by atoms with Crippen molar-refractivity contribution < 1.29 is 13.2 Å². The molecule has 0 aliphatic carbocycles. The molecule has 164 valence electrons. The van der Waals surface area contributed by atoms with Crippen LogP contribution in [0.4, 0.5) is 5.13 Å². The smallest absolute Gasteiger partial charge is 0.244 e. The van der Waals surface area contributed by atoms with Crippen LogP contribution in [0.5, 0.6) is 0 Å². The molecule has 0 aliphatic rings. The van der Waals surface area contributed by atoms with Gasteiger partial charge >= 0.3 is 0 Å². The zero-order valence-corrected chi connectivity index (χ0v) is 20.0. The van der Waals surface area contributed by atoms with Crippen molar-refractivity contribution in [3.05, 3.63) is 88.4 Å². The first-order valence-corrected chi connectivity index (χ1v) is 12.8. The lowest BCUT2D eigenvalue weighted by atomic mass is 10.1. The molecule has 0 saturated carbocycles. The summed E-state index contributed by atoms with van der Waals surface area (Å²) in [5, 5.41) is 0.912. The molecule has 0 N–H and O–H groups in total. The summed E-state index contributed by atoms with van der Waals surface area (Å²) in [4.78, 5) is 19.5. The number of benzene rings is 3. The van der Waals surface area contributed by atoms with Gasteiger partial charge in [0.2, 0.25) is 5.91 Å². The summed E-state index contributed by atoms with van der Waals surface area (Å²) in [6.07, 6.45) is 0. The maximum atomic E-state index is 13.3. The first-order valence-electron chi connectivity index (χ1n) is 9.93. The molecular weight excluding hydrogens is 464 g/mol. The molecule has 1 heterocycles. The van der Waals surface area contributed by atoms with E-state index < -0.39 is 21.5 Å². The van der Waals surface area contributed by atoms with E-state index in [2.05, 4.69) is 0 Å². The van der Waals surface area contributed by atoms with Crippen molar-refractivity contribution in [2.24, 2.45) is 0 Å². The van der Waals surface area contributed by atoms with E-state index in [0.29, 0.717) is 10.2 Å². The zero-order valence-electron chi connectivity index (χ0n) is 17.6. The van der Waals surface area contributed by atoms with Crippen LogP contribution in [0.25, 0.3) is 10.2 Å². The number of anilines is 1. The summed E-state index contributed by atoms with van der Waals surface area (Å²) in [5.74, 6) is -1.19. The maximum Gasteiger partial charge on any atom is 0.244 e. The lowest BCUT2D eigenvalue weighted by molar-refractivity contribution is -0.116. The number of carbonyl (C=O) groups is 1. The highest BCUT2D eigenvalue weighted by atomic mass is 35.5. The van der Waals surface area contributed by atoms with Crippen LogP contribution in [0, 0.1) is 13.8 Å². The Morgan fingerprint density at radius 2 is 1.72 bits per heavy atom. The third kappa shape index (κ3) is 4.85. The monoisotopic (exact) mass is 484 g/mol. The van der Waals surface area contributed by atoms with E-state index in [-0.39, 0.29) is 11.4 Å². The van der Waals surface area contributed by atoms with E-state index in [1.165, 1.54) is 40.5 Å². The summed E-state index contributed by atoms with van der Waals surface area (Å²) in [5.41, 5.74) is 3.83. The van der Waals surface area contributed by atoms with Crippen molar-refractivity contribution in [3.8, 4) is 0 Å². The van der Waals surface area contributed by atoms with E-state index in [1.807, 2.05) is 56.3 Å². The quantitative estimate of drug-likeness (QED) is 0.358. The molecule has 1 amide bonds.